The van der Waals surface area contributed by atoms with E-state index in [0.29, 0.717) is 24.8 Å². The van der Waals surface area contributed by atoms with Crippen LogP contribution in [-0.2, 0) is 9.59 Å². The van der Waals surface area contributed by atoms with Crippen LogP contribution >= 0.6 is 0 Å². The number of nitrogens with zero attached hydrogens (tertiary/aromatic N) is 1. The van der Waals surface area contributed by atoms with Gasteiger partial charge in [0.2, 0.25) is 5.91 Å². The fraction of sp³-hybridized carbons (Fsp3) is 0.579. The van der Waals surface area contributed by atoms with E-state index in [4.69, 9.17) is 4.74 Å². The Balaban J connectivity index is 1.46. The van der Waals surface area contributed by atoms with Crippen molar-refractivity contribution in [2.75, 3.05) is 26.2 Å². The number of amides is 2. The number of carbonyl (C=O) groups excluding carboxylic acids is 2. The number of piperidine rings is 1. The standard InChI is InChI=1S/C19H26N2O3/c1-14-4-2-6-17(10-14)24-13-18(22)21-9-3-5-16(12-21)19(23)20-11-15-7-8-15/h2,4,6,10,15-16H,3,5,7-9,11-13H2,1H3,(H,20,23)/t16-/m1/s1. The lowest BCUT2D eigenvalue weighted by atomic mass is 9.97. The van der Waals surface area contributed by atoms with Gasteiger partial charge in [0.25, 0.3) is 5.91 Å². The molecule has 2 fully saturated rings. The van der Waals surface area contributed by atoms with Crippen molar-refractivity contribution in [2.45, 2.75) is 32.6 Å². The van der Waals surface area contributed by atoms with E-state index in [2.05, 4.69) is 5.32 Å². The molecule has 1 atom stereocenters. The van der Waals surface area contributed by atoms with Gasteiger partial charge in [-0.2, -0.15) is 0 Å². The Morgan fingerprint density at radius 1 is 1.29 bits per heavy atom. The highest BCUT2D eigenvalue weighted by atomic mass is 16.5. The lowest BCUT2D eigenvalue weighted by molar-refractivity contribution is -0.137. The highest BCUT2D eigenvalue weighted by Crippen LogP contribution is 2.28. The van der Waals surface area contributed by atoms with Gasteiger partial charge in [-0.15, -0.1) is 0 Å². The van der Waals surface area contributed by atoms with Crippen LogP contribution in [0.15, 0.2) is 24.3 Å². The second-order valence-electron chi connectivity index (χ2n) is 6.97. The van der Waals surface area contributed by atoms with Gasteiger partial charge in [0, 0.05) is 19.6 Å². The van der Waals surface area contributed by atoms with Crippen molar-refractivity contribution in [3.63, 3.8) is 0 Å². The Hall–Kier alpha value is -2.04. The van der Waals surface area contributed by atoms with E-state index >= 15 is 0 Å². The molecule has 0 unspecified atom stereocenters. The summed E-state index contributed by atoms with van der Waals surface area (Å²) in [5, 5.41) is 3.03. The van der Waals surface area contributed by atoms with Crippen molar-refractivity contribution >= 4 is 11.8 Å². The number of aryl methyl sites for hydroxylation is 1. The van der Waals surface area contributed by atoms with Crippen molar-refractivity contribution in [3.8, 4) is 5.75 Å². The molecule has 5 nitrogen and oxygen atoms in total. The predicted molar refractivity (Wildman–Crippen MR) is 91.7 cm³/mol. The van der Waals surface area contributed by atoms with Crippen LogP contribution in [0.5, 0.6) is 5.75 Å². The van der Waals surface area contributed by atoms with Gasteiger partial charge >= 0.3 is 0 Å². The first-order chi connectivity index (χ1) is 11.6. The average Bonchev–Trinajstić information content (AvgIpc) is 3.42. The number of benzene rings is 1. The fourth-order valence-corrected chi connectivity index (χ4v) is 3.07. The molecule has 0 bridgehead atoms. The van der Waals surface area contributed by atoms with E-state index in [1.54, 1.807) is 4.90 Å². The fourth-order valence-electron chi connectivity index (χ4n) is 3.07. The summed E-state index contributed by atoms with van der Waals surface area (Å²) in [5.41, 5.74) is 1.10. The maximum Gasteiger partial charge on any atom is 0.260 e. The highest BCUT2D eigenvalue weighted by molar-refractivity contribution is 5.82. The average molecular weight is 330 g/mol. The van der Waals surface area contributed by atoms with Gasteiger partial charge in [0.05, 0.1) is 5.92 Å². The number of rotatable bonds is 6. The van der Waals surface area contributed by atoms with Crippen molar-refractivity contribution < 1.29 is 14.3 Å². The Morgan fingerprint density at radius 3 is 2.88 bits per heavy atom. The molecule has 1 N–H and O–H groups in total. The van der Waals surface area contributed by atoms with Crippen LogP contribution in [-0.4, -0.2) is 43.0 Å². The molecular weight excluding hydrogens is 304 g/mol. The van der Waals surface area contributed by atoms with Crippen LogP contribution in [0.1, 0.15) is 31.2 Å². The summed E-state index contributed by atoms with van der Waals surface area (Å²) in [6, 6.07) is 7.67. The molecule has 0 radical (unpaired) electrons. The summed E-state index contributed by atoms with van der Waals surface area (Å²) in [6.45, 7) is 4.03. The molecule has 1 aliphatic carbocycles. The topological polar surface area (TPSA) is 58.6 Å². The lowest BCUT2D eigenvalue weighted by Gasteiger charge is -2.32. The summed E-state index contributed by atoms with van der Waals surface area (Å²) >= 11 is 0. The minimum atomic E-state index is -0.0829. The minimum absolute atomic E-state index is 0.0276. The van der Waals surface area contributed by atoms with Crippen molar-refractivity contribution in [1.29, 1.82) is 0 Å². The van der Waals surface area contributed by atoms with Gasteiger partial charge < -0.3 is 15.0 Å². The van der Waals surface area contributed by atoms with Crippen LogP contribution in [0.25, 0.3) is 0 Å². The van der Waals surface area contributed by atoms with Crippen LogP contribution < -0.4 is 10.1 Å². The van der Waals surface area contributed by atoms with Crippen LogP contribution in [0.3, 0.4) is 0 Å². The third-order valence-corrected chi connectivity index (χ3v) is 4.76. The zero-order chi connectivity index (χ0) is 16.9. The third kappa shape index (κ3) is 4.73. The Bertz CT molecular complexity index is 598. The number of carbonyl (C=O) groups is 2. The van der Waals surface area contributed by atoms with Crippen LogP contribution in [0, 0.1) is 18.8 Å². The molecule has 2 amide bonds. The van der Waals surface area contributed by atoms with Gasteiger partial charge in [-0.25, -0.2) is 0 Å². The van der Waals surface area contributed by atoms with Crippen molar-refractivity contribution in [2.24, 2.45) is 11.8 Å². The van der Waals surface area contributed by atoms with Gasteiger partial charge in [0.1, 0.15) is 5.75 Å². The number of hydrogen-bond donors (Lipinski definition) is 1. The number of nitrogens with one attached hydrogen (secondary N) is 1. The molecule has 2 aliphatic rings. The molecule has 1 aliphatic heterocycles. The SMILES string of the molecule is Cc1cccc(OCC(=O)N2CCC[C@@H](C(=O)NCC3CC3)C2)c1. The number of hydrogen-bond acceptors (Lipinski definition) is 3. The van der Waals surface area contributed by atoms with E-state index < -0.39 is 0 Å². The van der Waals surface area contributed by atoms with Gasteiger partial charge in [-0.05, 0) is 56.2 Å². The van der Waals surface area contributed by atoms with Gasteiger partial charge in [0.15, 0.2) is 6.61 Å². The van der Waals surface area contributed by atoms with Crippen LogP contribution in [0.2, 0.25) is 0 Å². The van der Waals surface area contributed by atoms with Crippen molar-refractivity contribution in [1.82, 2.24) is 10.2 Å². The molecular formula is C19H26N2O3. The monoisotopic (exact) mass is 330 g/mol. The second kappa shape index (κ2) is 7.69. The molecule has 1 aromatic rings. The lowest BCUT2D eigenvalue weighted by Crippen LogP contribution is -2.47. The number of ether oxygens (including phenoxy) is 1. The first-order valence-electron chi connectivity index (χ1n) is 8.87. The van der Waals surface area contributed by atoms with Crippen LogP contribution in [0.4, 0.5) is 0 Å². The molecule has 130 valence electrons. The molecule has 1 heterocycles. The normalized spacial score (nSPS) is 20.5. The summed E-state index contributed by atoms with van der Waals surface area (Å²) in [5.74, 6) is 1.35. The largest absolute Gasteiger partial charge is 0.484 e. The summed E-state index contributed by atoms with van der Waals surface area (Å²) in [4.78, 5) is 26.4. The zero-order valence-corrected chi connectivity index (χ0v) is 14.3. The quantitative estimate of drug-likeness (QED) is 0.869. The Labute approximate surface area is 143 Å². The maximum absolute atomic E-state index is 12.4. The molecule has 5 heteroatoms. The molecule has 0 aromatic heterocycles. The van der Waals surface area contributed by atoms with E-state index in [1.807, 2.05) is 31.2 Å². The van der Waals surface area contributed by atoms with E-state index in [1.165, 1.54) is 12.8 Å². The maximum atomic E-state index is 12.4. The molecule has 1 aromatic carbocycles. The van der Waals surface area contributed by atoms with Crippen molar-refractivity contribution in [3.05, 3.63) is 29.8 Å². The molecule has 24 heavy (non-hydrogen) atoms. The Kier molecular flexibility index (Phi) is 5.38. The Morgan fingerprint density at radius 2 is 2.12 bits per heavy atom. The summed E-state index contributed by atoms with van der Waals surface area (Å²) in [7, 11) is 0. The molecule has 0 spiro atoms. The molecule has 3 rings (SSSR count). The smallest absolute Gasteiger partial charge is 0.260 e. The highest BCUT2D eigenvalue weighted by Gasteiger charge is 2.29. The summed E-state index contributed by atoms with van der Waals surface area (Å²) in [6.07, 6.45) is 4.19. The zero-order valence-electron chi connectivity index (χ0n) is 14.3. The van der Waals surface area contributed by atoms with E-state index in [-0.39, 0.29) is 24.3 Å². The second-order valence-corrected chi connectivity index (χ2v) is 6.97. The predicted octanol–water partition coefficient (Wildman–Crippen LogP) is 2.14. The van der Waals surface area contributed by atoms with Gasteiger partial charge in [-0.1, -0.05) is 12.1 Å². The minimum Gasteiger partial charge on any atom is -0.484 e. The van der Waals surface area contributed by atoms with E-state index in [0.717, 1.165) is 24.9 Å². The number of likely N-dealkylation sites (tertiary alicyclic amines) is 1. The first-order valence-corrected chi connectivity index (χ1v) is 8.87. The van der Waals surface area contributed by atoms with Gasteiger partial charge in [-0.3, -0.25) is 9.59 Å². The third-order valence-electron chi connectivity index (χ3n) is 4.76. The molecule has 1 saturated heterocycles. The summed E-state index contributed by atoms with van der Waals surface area (Å²) < 4.78 is 5.59. The van der Waals surface area contributed by atoms with E-state index in [9.17, 15) is 9.59 Å². The first kappa shape index (κ1) is 16.8. The molecule has 1 saturated carbocycles.